The molecule has 4 aromatic rings. The number of ketones is 1. The number of benzene rings is 2. The fourth-order valence-electron chi connectivity index (χ4n) is 4.08. The highest BCUT2D eigenvalue weighted by molar-refractivity contribution is 9.10. The summed E-state index contributed by atoms with van der Waals surface area (Å²) in [5, 5.41) is 2.60. The van der Waals surface area contributed by atoms with Crippen molar-refractivity contribution in [1.29, 1.82) is 0 Å². The van der Waals surface area contributed by atoms with Gasteiger partial charge in [0.15, 0.2) is 5.78 Å². The molecule has 1 aliphatic rings. The Bertz CT molecular complexity index is 1320. The molecule has 0 saturated heterocycles. The van der Waals surface area contributed by atoms with Gasteiger partial charge in [-0.1, -0.05) is 46.3 Å². The summed E-state index contributed by atoms with van der Waals surface area (Å²) < 4.78 is 2.33. The van der Waals surface area contributed by atoms with Crippen molar-refractivity contribution < 1.29 is 4.79 Å². The van der Waals surface area contributed by atoms with Gasteiger partial charge in [-0.3, -0.25) is 14.2 Å². The second kappa shape index (κ2) is 7.93. The third-order valence-corrected chi connectivity index (χ3v) is 7.12. The van der Waals surface area contributed by atoms with Gasteiger partial charge in [0.2, 0.25) is 0 Å². The van der Waals surface area contributed by atoms with E-state index in [4.69, 9.17) is 0 Å². The fourth-order valence-corrected chi connectivity index (χ4v) is 5.25. The van der Waals surface area contributed by atoms with Crippen molar-refractivity contribution in [3.8, 4) is 11.1 Å². The van der Waals surface area contributed by atoms with Gasteiger partial charge in [-0.2, -0.15) is 0 Å². The summed E-state index contributed by atoms with van der Waals surface area (Å²) in [4.78, 5) is 31.1. The summed E-state index contributed by atoms with van der Waals surface area (Å²) in [5.74, 6) is -0.115. The van der Waals surface area contributed by atoms with Crippen LogP contribution < -0.4 is 5.56 Å². The van der Waals surface area contributed by atoms with Crippen LogP contribution in [0.15, 0.2) is 63.4 Å². The average Bonchev–Trinajstić information content (AvgIpc) is 3.21. The molecular weight excluding hydrogens is 460 g/mol. The first kappa shape index (κ1) is 19.4. The van der Waals surface area contributed by atoms with Crippen LogP contribution >= 0.6 is 27.3 Å². The molecule has 0 spiro atoms. The van der Waals surface area contributed by atoms with E-state index in [1.807, 2.05) is 17.5 Å². The number of thiophene rings is 1. The van der Waals surface area contributed by atoms with Crippen LogP contribution in [0.3, 0.4) is 0 Å². The number of carbonyl (C=O) groups excluding carboxylic acids is 1. The predicted octanol–water partition coefficient (Wildman–Crippen LogP) is 5.65. The molecule has 0 saturated carbocycles. The van der Waals surface area contributed by atoms with Gasteiger partial charge >= 0.3 is 0 Å². The Labute approximate surface area is 186 Å². The van der Waals surface area contributed by atoms with Crippen LogP contribution in [0.2, 0.25) is 0 Å². The third-order valence-electron chi connectivity index (χ3n) is 5.70. The van der Waals surface area contributed by atoms with Crippen LogP contribution in [0.25, 0.3) is 21.3 Å². The number of Topliss-reactive ketones (excluding diaryl/α,β-unsaturated/α-hetero) is 1. The summed E-state index contributed by atoms with van der Waals surface area (Å²) in [6, 6.07) is 13.7. The van der Waals surface area contributed by atoms with Gasteiger partial charge in [0.05, 0.1) is 18.3 Å². The van der Waals surface area contributed by atoms with Gasteiger partial charge < -0.3 is 0 Å². The number of nitrogens with zero attached hydrogens (tertiary/aromatic N) is 2. The van der Waals surface area contributed by atoms with Gasteiger partial charge in [-0.25, -0.2) is 4.98 Å². The highest BCUT2D eigenvalue weighted by Gasteiger charge is 2.17. The van der Waals surface area contributed by atoms with E-state index < -0.39 is 0 Å². The molecule has 0 aliphatic heterocycles. The van der Waals surface area contributed by atoms with E-state index in [-0.39, 0.29) is 17.9 Å². The van der Waals surface area contributed by atoms with E-state index in [2.05, 4.69) is 39.1 Å². The zero-order chi connectivity index (χ0) is 20.7. The molecule has 2 aromatic carbocycles. The fraction of sp³-hybridized carbons (Fsp3) is 0.208. The quantitative estimate of drug-likeness (QED) is 0.356. The van der Waals surface area contributed by atoms with Crippen molar-refractivity contribution in [3.63, 3.8) is 0 Å². The molecule has 5 rings (SSSR count). The second-order valence-electron chi connectivity index (χ2n) is 7.63. The van der Waals surface area contributed by atoms with Gasteiger partial charge in [-0.05, 0) is 54.5 Å². The molecule has 0 fully saturated rings. The number of carbonyl (C=O) groups is 1. The molecule has 2 heterocycles. The van der Waals surface area contributed by atoms with E-state index in [0.717, 1.165) is 28.4 Å². The van der Waals surface area contributed by atoms with Crippen molar-refractivity contribution in [2.24, 2.45) is 0 Å². The number of fused-ring (bicyclic) bond motifs is 2. The Kier molecular flexibility index (Phi) is 5.13. The maximum atomic E-state index is 13.3. The van der Waals surface area contributed by atoms with Crippen LogP contribution in [0, 0.1) is 0 Å². The van der Waals surface area contributed by atoms with Gasteiger partial charge in [-0.15, -0.1) is 11.3 Å². The predicted molar refractivity (Wildman–Crippen MR) is 124 cm³/mol. The number of rotatable bonds is 4. The summed E-state index contributed by atoms with van der Waals surface area (Å²) in [7, 11) is 0. The van der Waals surface area contributed by atoms with Crippen molar-refractivity contribution in [2.45, 2.75) is 32.2 Å². The first-order valence-corrected chi connectivity index (χ1v) is 11.6. The van der Waals surface area contributed by atoms with Crippen molar-refractivity contribution in [2.75, 3.05) is 0 Å². The Morgan fingerprint density at radius 3 is 2.63 bits per heavy atom. The minimum Gasteiger partial charge on any atom is -0.292 e. The van der Waals surface area contributed by atoms with E-state index in [9.17, 15) is 9.59 Å². The first-order chi connectivity index (χ1) is 14.6. The van der Waals surface area contributed by atoms with Crippen LogP contribution in [-0.2, 0) is 19.4 Å². The number of aryl methyl sites for hydroxylation is 2. The summed E-state index contributed by atoms with van der Waals surface area (Å²) in [6.45, 7) is -0.0249. The van der Waals surface area contributed by atoms with Crippen molar-refractivity contribution in [1.82, 2.24) is 9.55 Å². The summed E-state index contributed by atoms with van der Waals surface area (Å²) >= 11 is 4.84. The van der Waals surface area contributed by atoms with Crippen molar-refractivity contribution in [3.05, 3.63) is 85.7 Å². The third kappa shape index (κ3) is 3.55. The normalized spacial score (nSPS) is 13.4. The highest BCUT2D eigenvalue weighted by atomic mass is 79.9. The lowest BCUT2D eigenvalue weighted by atomic mass is 9.89. The molecule has 0 unspecified atom stereocenters. The Morgan fingerprint density at radius 1 is 1.07 bits per heavy atom. The topological polar surface area (TPSA) is 52.0 Å². The molecule has 150 valence electrons. The monoisotopic (exact) mass is 478 g/mol. The molecule has 0 bridgehead atoms. The van der Waals surface area contributed by atoms with E-state index in [0.29, 0.717) is 15.8 Å². The number of hydrogen-bond acceptors (Lipinski definition) is 4. The van der Waals surface area contributed by atoms with Gasteiger partial charge in [0, 0.05) is 21.0 Å². The lowest BCUT2D eigenvalue weighted by molar-refractivity contribution is 0.0970. The molecule has 0 amide bonds. The zero-order valence-corrected chi connectivity index (χ0v) is 18.6. The Balaban J connectivity index is 1.54. The highest BCUT2D eigenvalue weighted by Crippen LogP contribution is 2.33. The van der Waals surface area contributed by atoms with Gasteiger partial charge in [0.25, 0.3) is 5.56 Å². The molecule has 4 nitrogen and oxygen atoms in total. The minimum atomic E-state index is -0.167. The second-order valence-corrected chi connectivity index (χ2v) is 9.40. The van der Waals surface area contributed by atoms with E-state index in [1.54, 1.807) is 12.1 Å². The molecule has 6 heteroatoms. The van der Waals surface area contributed by atoms with Crippen LogP contribution in [-0.4, -0.2) is 15.3 Å². The first-order valence-electron chi connectivity index (χ1n) is 9.98. The summed E-state index contributed by atoms with van der Waals surface area (Å²) in [6.07, 6.45) is 6.17. The molecule has 0 atom stereocenters. The van der Waals surface area contributed by atoms with Crippen LogP contribution in [0.1, 0.15) is 34.3 Å². The zero-order valence-electron chi connectivity index (χ0n) is 16.2. The largest absolute Gasteiger partial charge is 0.292 e. The maximum Gasteiger partial charge on any atom is 0.263 e. The molecule has 0 radical (unpaired) electrons. The van der Waals surface area contributed by atoms with Crippen LogP contribution in [0.5, 0.6) is 0 Å². The number of aromatic nitrogens is 2. The minimum absolute atomic E-state index is 0.0249. The molecular formula is C24H19BrN2O2S. The number of halogens is 1. The maximum absolute atomic E-state index is 13.3. The Hall–Kier alpha value is -2.57. The van der Waals surface area contributed by atoms with E-state index in [1.165, 1.54) is 46.2 Å². The molecule has 1 aliphatic carbocycles. The van der Waals surface area contributed by atoms with E-state index >= 15 is 0 Å². The molecule has 2 aromatic heterocycles. The smallest absolute Gasteiger partial charge is 0.263 e. The lowest BCUT2D eigenvalue weighted by Crippen LogP contribution is -2.24. The van der Waals surface area contributed by atoms with Crippen molar-refractivity contribution >= 4 is 43.3 Å². The summed E-state index contributed by atoms with van der Waals surface area (Å²) in [5.41, 5.74) is 5.17. The average molecular weight is 479 g/mol. The standard InChI is InChI=1S/C24H19BrN2O2S/c25-19-9-7-16(8-10-19)21(28)12-27-14-26-23-22(24(27)29)20(13-30-23)18-6-5-15-3-1-2-4-17(15)11-18/h5-11,13-14H,1-4,12H2. The number of hydrogen-bond donors (Lipinski definition) is 0. The van der Waals surface area contributed by atoms with Crippen LogP contribution in [0.4, 0.5) is 0 Å². The van der Waals surface area contributed by atoms with Gasteiger partial charge in [0.1, 0.15) is 4.83 Å². The SMILES string of the molecule is O=C(Cn1cnc2scc(-c3ccc4c(c3)CCCC4)c2c1=O)c1ccc(Br)cc1. The Morgan fingerprint density at radius 2 is 1.83 bits per heavy atom. The molecule has 0 N–H and O–H groups in total. The lowest BCUT2D eigenvalue weighted by Gasteiger charge is -2.16. The molecule has 30 heavy (non-hydrogen) atoms.